The van der Waals surface area contributed by atoms with Crippen molar-refractivity contribution in [2.75, 3.05) is 32.8 Å². The highest BCUT2D eigenvalue weighted by Gasteiger charge is 2.29. The molecule has 13 heteroatoms. The van der Waals surface area contributed by atoms with Crippen LogP contribution in [0.15, 0.2) is 67.0 Å². The Morgan fingerprint density at radius 3 is 2.65 bits per heavy atom. The highest BCUT2D eigenvalue weighted by Crippen LogP contribution is 2.45. The Balaban J connectivity index is 1.20. The SMILES string of the molecule is N#Cc1cncc(COc2cc(O[C@H]3CCc4c(-c5cccc(OCCCN6CC(O)C6)c5Cl)cccc43)c(Cl)cc2CN[C@@H](CO)C(N)=O)c1. The Morgan fingerprint density at radius 1 is 1.08 bits per heavy atom. The first-order valence-electron chi connectivity index (χ1n) is 16.8. The maximum atomic E-state index is 11.7. The fraction of sp³-hybridized carbons (Fsp3) is 0.342. The Bertz CT molecular complexity index is 1910. The third kappa shape index (κ3) is 8.73. The number of aromatic nitrogens is 1. The minimum Gasteiger partial charge on any atom is -0.492 e. The quantitative estimate of drug-likeness (QED) is 0.116. The van der Waals surface area contributed by atoms with Crippen molar-refractivity contribution in [2.45, 2.75) is 50.7 Å². The first-order valence-corrected chi connectivity index (χ1v) is 17.5. The van der Waals surface area contributed by atoms with Gasteiger partial charge in [0.25, 0.3) is 0 Å². The predicted molar refractivity (Wildman–Crippen MR) is 193 cm³/mol. The fourth-order valence-corrected chi connectivity index (χ4v) is 6.90. The van der Waals surface area contributed by atoms with Crippen molar-refractivity contribution in [1.82, 2.24) is 15.2 Å². The number of primary amides is 1. The number of nitrogens with zero attached hydrogens (tertiary/aromatic N) is 3. The topological polar surface area (TPSA) is 163 Å². The molecule has 1 fully saturated rings. The Hall–Kier alpha value is -4.41. The van der Waals surface area contributed by atoms with Gasteiger partial charge < -0.3 is 30.2 Å². The molecule has 2 atom stereocenters. The molecule has 2 aliphatic rings. The van der Waals surface area contributed by atoms with Crippen molar-refractivity contribution in [3.8, 4) is 34.4 Å². The van der Waals surface area contributed by atoms with Crippen LogP contribution >= 0.6 is 23.2 Å². The Kier molecular flexibility index (Phi) is 11.9. The van der Waals surface area contributed by atoms with E-state index < -0.39 is 18.6 Å². The normalized spacial score (nSPS) is 16.2. The molecular weight excluding hydrogens is 693 g/mol. The summed E-state index contributed by atoms with van der Waals surface area (Å²) >= 11 is 13.7. The van der Waals surface area contributed by atoms with E-state index in [2.05, 4.69) is 33.4 Å². The van der Waals surface area contributed by atoms with Crippen LogP contribution in [0.25, 0.3) is 11.1 Å². The molecule has 5 N–H and O–H groups in total. The van der Waals surface area contributed by atoms with Gasteiger partial charge in [-0.25, -0.2) is 0 Å². The minimum absolute atomic E-state index is 0.109. The molecule has 266 valence electrons. The van der Waals surface area contributed by atoms with E-state index in [4.69, 9.17) is 43.1 Å². The number of carbonyl (C=O) groups excluding carboxylic acids is 1. The number of nitriles is 1. The number of likely N-dealkylation sites (tertiary alicyclic amines) is 1. The van der Waals surface area contributed by atoms with Gasteiger partial charge >= 0.3 is 0 Å². The molecule has 1 aromatic heterocycles. The van der Waals surface area contributed by atoms with Gasteiger partial charge in [-0.2, -0.15) is 5.26 Å². The monoisotopic (exact) mass is 731 g/mol. The number of pyridine rings is 1. The molecule has 6 rings (SSSR count). The van der Waals surface area contributed by atoms with Crippen molar-refractivity contribution in [1.29, 1.82) is 5.26 Å². The van der Waals surface area contributed by atoms with Gasteiger partial charge in [-0.15, -0.1) is 0 Å². The minimum atomic E-state index is -0.958. The summed E-state index contributed by atoms with van der Waals surface area (Å²) in [7, 11) is 0. The van der Waals surface area contributed by atoms with E-state index in [1.54, 1.807) is 24.4 Å². The molecule has 1 saturated heterocycles. The smallest absolute Gasteiger partial charge is 0.236 e. The second kappa shape index (κ2) is 16.7. The van der Waals surface area contributed by atoms with Crippen LogP contribution in [-0.2, 0) is 24.4 Å². The summed E-state index contributed by atoms with van der Waals surface area (Å²) in [6, 6.07) is 18.1. The van der Waals surface area contributed by atoms with Gasteiger partial charge in [0.1, 0.15) is 42.1 Å². The molecule has 0 radical (unpaired) electrons. The second-order valence-corrected chi connectivity index (χ2v) is 13.4. The van der Waals surface area contributed by atoms with Gasteiger partial charge in [-0.3, -0.25) is 20.0 Å². The summed E-state index contributed by atoms with van der Waals surface area (Å²) in [5, 5.41) is 32.2. The van der Waals surface area contributed by atoms with E-state index in [-0.39, 0.29) is 25.4 Å². The number of nitrogens with two attached hydrogens (primary N) is 1. The second-order valence-electron chi connectivity index (χ2n) is 12.6. The van der Waals surface area contributed by atoms with E-state index in [9.17, 15) is 20.3 Å². The third-order valence-corrected chi connectivity index (χ3v) is 9.74. The van der Waals surface area contributed by atoms with E-state index in [0.29, 0.717) is 70.1 Å². The number of hydrogen-bond acceptors (Lipinski definition) is 10. The standard InChI is InChI=1S/C38H39Cl2N5O6/c39-31-13-25(18-44-32(21-46)38(42)48)35(50-22-24-12-23(15-41)16-43-17-24)14-36(31)51-33-9-8-28-27(4-1-5-29(28)33)30-6-2-7-34(37(30)40)49-11-3-10-45-19-26(47)20-45/h1-2,4-7,12-14,16-17,26,32-33,44,46-47H,3,8-11,18-22H2,(H2,42,48)/t32-,33-/m0/s1. The number of amides is 1. The van der Waals surface area contributed by atoms with E-state index in [0.717, 1.165) is 41.6 Å². The molecule has 1 aliphatic carbocycles. The number of benzene rings is 3. The number of carbonyl (C=O) groups is 1. The van der Waals surface area contributed by atoms with Crippen molar-refractivity contribution >= 4 is 29.1 Å². The first kappa shape index (κ1) is 36.4. The van der Waals surface area contributed by atoms with Crippen LogP contribution in [0.2, 0.25) is 10.0 Å². The summed E-state index contributed by atoms with van der Waals surface area (Å²) in [5.74, 6) is 0.789. The van der Waals surface area contributed by atoms with Crippen molar-refractivity contribution in [2.24, 2.45) is 5.73 Å². The summed E-state index contributed by atoms with van der Waals surface area (Å²) in [4.78, 5) is 18.0. The van der Waals surface area contributed by atoms with Gasteiger partial charge in [0, 0.05) is 61.3 Å². The number of rotatable bonds is 16. The number of β-amino-alcohol motifs (C(OH)–C–C–N with tert-alkyl or cyclic N) is 1. The lowest BCUT2D eigenvalue weighted by molar-refractivity contribution is -0.120. The van der Waals surface area contributed by atoms with Crippen LogP contribution in [0.1, 0.15) is 46.8 Å². The van der Waals surface area contributed by atoms with Gasteiger partial charge in [0.05, 0.1) is 34.9 Å². The molecule has 0 bridgehead atoms. The number of fused-ring (bicyclic) bond motifs is 1. The molecule has 1 amide bonds. The summed E-state index contributed by atoms with van der Waals surface area (Å²) < 4.78 is 18.8. The van der Waals surface area contributed by atoms with E-state index >= 15 is 0 Å². The van der Waals surface area contributed by atoms with Crippen molar-refractivity contribution in [3.63, 3.8) is 0 Å². The summed E-state index contributed by atoms with van der Waals surface area (Å²) in [6.07, 6.45) is 4.89. The highest BCUT2D eigenvalue weighted by atomic mass is 35.5. The molecule has 0 unspecified atom stereocenters. The molecule has 4 aromatic rings. The average molecular weight is 733 g/mol. The molecule has 3 aromatic carbocycles. The summed E-state index contributed by atoms with van der Waals surface area (Å²) in [5.41, 5.74) is 11.2. The molecular formula is C38H39Cl2N5O6. The largest absolute Gasteiger partial charge is 0.492 e. The number of aliphatic hydroxyl groups excluding tert-OH is 2. The van der Waals surface area contributed by atoms with Crippen LogP contribution in [0.3, 0.4) is 0 Å². The molecule has 11 nitrogen and oxygen atoms in total. The highest BCUT2D eigenvalue weighted by molar-refractivity contribution is 6.35. The Labute approximate surface area is 306 Å². The van der Waals surface area contributed by atoms with Crippen LogP contribution in [0.4, 0.5) is 0 Å². The predicted octanol–water partition coefficient (Wildman–Crippen LogP) is 4.95. The van der Waals surface area contributed by atoms with Gasteiger partial charge in [0.2, 0.25) is 5.91 Å². The van der Waals surface area contributed by atoms with Gasteiger partial charge in [-0.1, -0.05) is 53.5 Å². The van der Waals surface area contributed by atoms with Gasteiger partial charge in [-0.05, 0) is 54.2 Å². The van der Waals surface area contributed by atoms with Crippen LogP contribution in [0.5, 0.6) is 17.2 Å². The van der Waals surface area contributed by atoms with E-state index in [1.165, 1.54) is 6.20 Å². The number of ether oxygens (including phenoxy) is 3. The Morgan fingerprint density at radius 2 is 1.88 bits per heavy atom. The zero-order chi connectivity index (χ0) is 35.9. The molecule has 2 heterocycles. The number of nitrogens with one attached hydrogen (secondary N) is 1. The molecule has 0 saturated carbocycles. The number of halogens is 2. The number of hydrogen-bond donors (Lipinski definition) is 4. The molecule has 0 spiro atoms. The molecule has 1 aliphatic heterocycles. The van der Waals surface area contributed by atoms with Crippen molar-refractivity contribution < 1.29 is 29.2 Å². The fourth-order valence-electron chi connectivity index (χ4n) is 6.39. The maximum absolute atomic E-state index is 11.7. The van der Waals surface area contributed by atoms with E-state index in [1.807, 2.05) is 24.3 Å². The third-order valence-electron chi connectivity index (χ3n) is 9.05. The lowest BCUT2D eigenvalue weighted by Gasteiger charge is -2.35. The number of aliphatic hydroxyl groups is 2. The maximum Gasteiger partial charge on any atom is 0.236 e. The van der Waals surface area contributed by atoms with Crippen molar-refractivity contribution in [3.05, 3.63) is 105 Å². The average Bonchev–Trinajstić information content (AvgIpc) is 3.53. The lowest BCUT2D eigenvalue weighted by Crippen LogP contribution is -2.50. The lowest BCUT2D eigenvalue weighted by atomic mass is 9.96. The van der Waals surface area contributed by atoms with Crippen LogP contribution in [-0.4, -0.2) is 71.0 Å². The van der Waals surface area contributed by atoms with Crippen LogP contribution in [0, 0.1) is 11.3 Å². The van der Waals surface area contributed by atoms with Crippen LogP contribution < -0.4 is 25.3 Å². The molecule has 51 heavy (non-hydrogen) atoms. The zero-order valence-electron chi connectivity index (χ0n) is 27.9. The van der Waals surface area contributed by atoms with Gasteiger partial charge in [0.15, 0.2) is 0 Å². The first-order chi connectivity index (χ1) is 24.7. The summed E-state index contributed by atoms with van der Waals surface area (Å²) in [6.45, 7) is 2.59. The zero-order valence-corrected chi connectivity index (χ0v) is 29.4.